The quantitative estimate of drug-likeness (QED) is 0.797. The lowest BCUT2D eigenvalue weighted by Gasteiger charge is -2.16. The zero-order valence-corrected chi connectivity index (χ0v) is 13.8. The lowest BCUT2D eigenvalue weighted by atomic mass is 9.98. The molecule has 1 aromatic carbocycles. The van der Waals surface area contributed by atoms with Crippen molar-refractivity contribution in [1.29, 1.82) is 0 Å². The van der Waals surface area contributed by atoms with Gasteiger partial charge in [0.2, 0.25) is 5.95 Å². The molecule has 0 radical (unpaired) electrons. The summed E-state index contributed by atoms with van der Waals surface area (Å²) in [6, 6.07) is 6.02. The Kier molecular flexibility index (Phi) is 5.46. The zero-order valence-electron chi connectivity index (χ0n) is 13.8. The van der Waals surface area contributed by atoms with E-state index in [4.69, 9.17) is 0 Å². The van der Waals surface area contributed by atoms with Crippen molar-refractivity contribution in [2.24, 2.45) is 0 Å². The normalized spacial score (nSPS) is 10.4. The van der Waals surface area contributed by atoms with Gasteiger partial charge in [-0.05, 0) is 24.0 Å². The molecule has 0 fully saturated rings. The van der Waals surface area contributed by atoms with Crippen LogP contribution in [0.15, 0.2) is 43.2 Å². The maximum atomic E-state index is 12.4. The number of aryl methyl sites for hydroxylation is 1. The van der Waals surface area contributed by atoms with Gasteiger partial charge in [0.15, 0.2) is 0 Å². The number of amides is 1. The minimum atomic E-state index is -0.212. The van der Waals surface area contributed by atoms with Crippen LogP contribution < -0.4 is 10.6 Å². The SMILES string of the molecule is C=CCNc1ncc(C(=O)Nc2c(C)cccc2C(C)C)cn1. The van der Waals surface area contributed by atoms with Crippen LogP contribution in [0, 0.1) is 6.92 Å². The minimum Gasteiger partial charge on any atom is -0.351 e. The van der Waals surface area contributed by atoms with Crippen LogP contribution in [0.5, 0.6) is 0 Å². The Hall–Kier alpha value is -2.69. The van der Waals surface area contributed by atoms with Crippen LogP contribution in [-0.4, -0.2) is 22.4 Å². The third-order valence-electron chi connectivity index (χ3n) is 3.48. The van der Waals surface area contributed by atoms with Gasteiger partial charge in [-0.25, -0.2) is 9.97 Å². The van der Waals surface area contributed by atoms with Gasteiger partial charge in [0.25, 0.3) is 5.91 Å². The first-order valence-corrected chi connectivity index (χ1v) is 7.60. The van der Waals surface area contributed by atoms with Crippen LogP contribution in [-0.2, 0) is 0 Å². The summed E-state index contributed by atoms with van der Waals surface area (Å²) in [5.41, 5.74) is 3.44. The maximum Gasteiger partial charge on any atom is 0.258 e. The Labute approximate surface area is 136 Å². The molecule has 23 heavy (non-hydrogen) atoms. The first-order valence-electron chi connectivity index (χ1n) is 7.60. The van der Waals surface area contributed by atoms with Crippen LogP contribution >= 0.6 is 0 Å². The molecule has 0 unspecified atom stereocenters. The van der Waals surface area contributed by atoms with Crippen LogP contribution in [0.1, 0.15) is 41.3 Å². The van der Waals surface area contributed by atoms with E-state index in [0.29, 0.717) is 24.0 Å². The Bertz CT molecular complexity index is 693. The summed E-state index contributed by atoms with van der Waals surface area (Å²) in [7, 11) is 0. The van der Waals surface area contributed by atoms with Crippen LogP contribution in [0.3, 0.4) is 0 Å². The van der Waals surface area contributed by atoms with Crippen molar-refractivity contribution in [1.82, 2.24) is 9.97 Å². The van der Waals surface area contributed by atoms with E-state index in [2.05, 4.69) is 41.0 Å². The predicted octanol–water partition coefficient (Wildman–Crippen LogP) is 3.76. The number of hydrogen-bond donors (Lipinski definition) is 2. The Morgan fingerprint density at radius 1 is 1.30 bits per heavy atom. The lowest BCUT2D eigenvalue weighted by molar-refractivity contribution is 0.102. The fraction of sp³-hybridized carbons (Fsp3) is 0.278. The Morgan fingerprint density at radius 2 is 2.00 bits per heavy atom. The maximum absolute atomic E-state index is 12.4. The molecule has 2 rings (SSSR count). The monoisotopic (exact) mass is 310 g/mol. The van der Waals surface area contributed by atoms with Crippen molar-refractivity contribution in [3.63, 3.8) is 0 Å². The summed E-state index contributed by atoms with van der Waals surface area (Å²) >= 11 is 0. The highest BCUT2D eigenvalue weighted by atomic mass is 16.1. The van der Waals surface area contributed by atoms with Gasteiger partial charge in [0.1, 0.15) is 0 Å². The number of aromatic nitrogens is 2. The first-order chi connectivity index (χ1) is 11.0. The third-order valence-corrected chi connectivity index (χ3v) is 3.48. The molecule has 1 amide bonds. The van der Waals surface area contributed by atoms with Crippen molar-refractivity contribution >= 4 is 17.5 Å². The molecular formula is C18H22N4O. The van der Waals surface area contributed by atoms with Crippen molar-refractivity contribution in [2.45, 2.75) is 26.7 Å². The molecule has 1 heterocycles. The van der Waals surface area contributed by atoms with E-state index < -0.39 is 0 Å². The highest BCUT2D eigenvalue weighted by Gasteiger charge is 2.14. The van der Waals surface area contributed by atoms with Gasteiger partial charge in [0, 0.05) is 24.6 Å². The van der Waals surface area contributed by atoms with Gasteiger partial charge in [0.05, 0.1) is 5.56 Å². The highest BCUT2D eigenvalue weighted by Crippen LogP contribution is 2.27. The molecular weight excluding hydrogens is 288 g/mol. The van der Waals surface area contributed by atoms with E-state index in [1.54, 1.807) is 6.08 Å². The fourth-order valence-corrected chi connectivity index (χ4v) is 2.23. The van der Waals surface area contributed by atoms with Crippen LogP contribution in [0.25, 0.3) is 0 Å². The average Bonchev–Trinajstić information content (AvgIpc) is 2.55. The van der Waals surface area contributed by atoms with Crippen molar-refractivity contribution < 1.29 is 4.79 Å². The fourth-order valence-electron chi connectivity index (χ4n) is 2.23. The van der Waals surface area contributed by atoms with Gasteiger partial charge in [-0.3, -0.25) is 4.79 Å². The van der Waals surface area contributed by atoms with Crippen molar-refractivity contribution in [3.8, 4) is 0 Å². The van der Waals surface area contributed by atoms with Crippen molar-refractivity contribution in [3.05, 3.63) is 59.9 Å². The second kappa shape index (κ2) is 7.54. The van der Waals surface area contributed by atoms with E-state index >= 15 is 0 Å². The van der Waals surface area contributed by atoms with Gasteiger partial charge >= 0.3 is 0 Å². The average molecular weight is 310 g/mol. The highest BCUT2D eigenvalue weighted by molar-refractivity contribution is 6.04. The lowest BCUT2D eigenvalue weighted by Crippen LogP contribution is -2.16. The molecule has 5 heteroatoms. The number of anilines is 2. The number of para-hydroxylation sites is 1. The molecule has 0 saturated heterocycles. The molecule has 0 spiro atoms. The molecule has 0 atom stereocenters. The van der Waals surface area contributed by atoms with E-state index in [-0.39, 0.29) is 5.91 Å². The standard InChI is InChI=1S/C18H22N4O/c1-5-9-19-18-20-10-14(11-21-18)17(23)22-16-13(4)7-6-8-15(16)12(2)3/h5-8,10-12H,1,9H2,2-4H3,(H,22,23)(H,19,20,21). The van der Waals surface area contributed by atoms with Gasteiger partial charge < -0.3 is 10.6 Å². The molecule has 2 aromatic rings. The molecule has 5 nitrogen and oxygen atoms in total. The number of carbonyl (C=O) groups excluding carboxylic acids is 1. The number of hydrogen-bond acceptors (Lipinski definition) is 4. The van der Waals surface area contributed by atoms with Gasteiger partial charge in [-0.1, -0.05) is 38.1 Å². The number of carbonyl (C=O) groups is 1. The Morgan fingerprint density at radius 3 is 2.61 bits per heavy atom. The van der Waals surface area contributed by atoms with Crippen LogP contribution in [0.2, 0.25) is 0 Å². The predicted molar refractivity (Wildman–Crippen MR) is 93.9 cm³/mol. The summed E-state index contributed by atoms with van der Waals surface area (Å²) in [4.78, 5) is 20.7. The summed E-state index contributed by atoms with van der Waals surface area (Å²) in [5.74, 6) is 0.587. The van der Waals surface area contributed by atoms with Gasteiger partial charge in [-0.15, -0.1) is 6.58 Å². The van der Waals surface area contributed by atoms with E-state index in [1.165, 1.54) is 12.4 Å². The second-order valence-corrected chi connectivity index (χ2v) is 5.61. The molecule has 120 valence electrons. The van der Waals surface area contributed by atoms with E-state index in [0.717, 1.165) is 16.8 Å². The first kappa shape index (κ1) is 16.7. The molecule has 2 N–H and O–H groups in total. The third kappa shape index (κ3) is 4.16. The van der Waals surface area contributed by atoms with E-state index in [1.807, 2.05) is 25.1 Å². The molecule has 0 bridgehead atoms. The van der Waals surface area contributed by atoms with Crippen LogP contribution in [0.4, 0.5) is 11.6 Å². The largest absolute Gasteiger partial charge is 0.351 e. The summed E-state index contributed by atoms with van der Waals surface area (Å²) in [6.07, 6.45) is 4.75. The summed E-state index contributed by atoms with van der Waals surface area (Å²) in [6.45, 7) is 10.4. The molecule has 0 aliphatic carbocycles. The molecule has 1 aromatic heterocycles. The number of benzene rings is 1. The number of rotatable bonds is 6. The summed E-state index contributed by atoms with van der Waals surface area (Å²) < 4.78 is 0. The summed E-state index contributed by atoms with van der Waals surface area (Å²) in [5, 5.41) is 5.95. The Balaban J connectivity index is 2.18. The topological polar surface area (TPSA) is 66.9 Å². The van der Waals surface area contributed by atoms with Crippen molar-refractivity contribution in [2.75, 3.05) is 17.2 Å². The second-order valence-electron chi connectivity index (χ2n) is 5.61. The smallest absolute Gasteiger partial charge is 0.258 e. The molecule has 0 aliphatic rings. The zero-order chi connectivity index (χ0) is 16.8. The van der Waals surface area contributed by atoms with E-state index in [9.17, 15) is 4.79 Å². The number of nitrogens with one attached hydrogen (secondary N) is 2. The van der Waals surface area contributed by atoms with Gasteiger partial charge in [-0.2, -0.15) is 0 Å². The molecule has 0 saturated carbocycles. The molecule has 0 aliphatic heterocycles. The minimum absolute atomic E-state index is 0.212. The number of nitrogens with zero attached hydrogens (tertiary/aromatic N) is 2.